The summed E-state index contributed by atoms with van der Waals surface area (Å²) in [7, 11) is -3.55. The molecule has 0 bridgehead atoms. The van der Waals surface area contributed by atoms with Crippen molar-refractivity contribution in [2.75, 3.05) is 39.4 Å². The van der Waals surface area contributed by atoms with Crippen LogP contribution in [0.25, 0.3) is 0 Å². The Bertz CT molecular complexity index is 729. The number of nitrogens with one attached hydrogen (secondary N) is 2. The summed E-state index contributed by atoms with van der Waals surface area (Å²) >= 11 is 1.11. The molecule has 0 aliphatic carbocycles. The Morgan fingerprint density at radius 3 is 2.63 bits per heavy atom. The second-order valence-corrected chi connectivity index (χ2v) is 9.06. The van der Waals surface area contributed by atoms with Crippen LogP contribution < -0.4 is 10.6 Å². The number of thiophene rings is 1. The van der Waals surface area contributed by atoms with Crippen LogP contribution in [-0.2, 0) is 21.3 Å². The van der Waals surface area contributed by atoms with Gasteiger partial charge in [0.15, 0.2) is 5.96 Å². The highest BCUT2D eigenvalue weighted by molar-refractivity contribution is 7.91. The molecule has 1 aromatic heterocycles. The highest BCUT2D eigenvalue weighted by Gasteiger charge is 2.28. The summed E-state index contributed by atoms with van der Waals surface area (Å²) in [5.41, 5.74) is 0. The molecule has 1 saturated heterocycles. The van der Waals surface area contributed by atoms with E-state index in [0.717, 1.165) is 11.3 Å². The van der Waals surface area contributed by atoms with Crippen LogP contribution in [0.2, 0.25) is 0 Å². The van der Waals surface area contributed by atoms with Crippen LogP contribution in [0.5, 0.6) is 0 Å². The monoisotopic (exact) mass is 428 g/mol. The third-order valence-electron chi connectivity index (χ3n) is 3.64. The third kappa shape index (κ3) is 6.94. The number of morpholine rings is 1. The van der Waals surface area contributed by atoms with E-state index in [1.54, 1.807) is 13.0 Å². The summed E-state index contributed by atoms with van der Waals surface area (Å²) in [6.07, 6.45) is -5.20. The van der Waals surface area contributed by atoms with Gasteiger partial charge in [0.05, 0.1) is 26.2 Å². The van der Waals surface area contributed by atoms with Crippen molar-refractivity contribution in [2.45, 2.75) is 30.3 Å². The van der Waals surface area contributed by atoms with Gasteiger partial charge in [0.1, 0.15) is 4.21 Å². The van der Waals surface area contributed by atoms with Gasteiger partial charge in [0.25, 0.3) is 10.0 Å². The molecule has 27 heavy (non-hydrogen) atoms. The van der Waals surface area contributed by atoms with E-state index in [9.17, 15) is 21.6 Å². The molecule has 0 amide bonds. The Morgan fingerprint density at radius 2 is 2.00 bits per heavy atom. The minimum absolute atomic E-state index is 0.171. The minimum atomic E-state index is -4.24. The number of ether oxygens (including phenoxy) is 1. The Morgan fingerprint density at radius 1 is 1.30 bits per heavy atom. The van der Waals surface area contributed by atoms with Crippen LogP contribution in [-0.4, -0.2) is 64.3 Å². The van der Waals surface area contributed by atoms with Crippen molar-refractivity contribution in [3.05, 3.63) is 17.0 Å². The molecule has 2 heterocycles. The van der Waals surface area contributed by atoms with Crippen molar-refractivity contribution in [3.8, 4) is 0 Å². The SMILES string of the molecule is CCNC(=NCc1ccc(S(=O)(=O)N2CCOCC2)s1)NCCC(F)(F)F. The van der Waals surface area contributed by atoms with Crippen molar-refractivity contribution in [1.82, 2.24) is 14.9 Å². The second kappa shape index (κ2) is 9.71. The summed E-state index contributed by atoms with van der Waals surface area (Å²) in [6.45, 7) is 3.58. The zero-order valence-corrected chi connectivity index (χ0v) is 16.5. The van der Waals surface area contributed by atoms with E-state index in [2.05, 4.69) is 15.6 Å². The number of alkyl halides is 3. The number of guanidine groups is 1. The summed E-state index contributed by atoms with van der Waals surface area (Å²) in [5.74, 6) is 0.257. The molecule has 0 spiro atoms. The van der Waals surface area contributed by atoms with Crippen molar-refractivity contribution in [1.29, 1.82) is 0 Å². The molecule has 0 atom stereocenters. The van der Waals surface area contributed by atoms with Crippen LogP contribution in [0.15, 0.2) is 21.3 Å². The highest BCUT2D eigenvalue weighted by Crippen LogP contribution is 2.26. The van der Waals surface area contributed by atoms with Gasteiger partial charge >= 0.3 is 6.18 Å². The largest absolute Gasteiger partial charge is 0.390 e. The lowest BCUT2D eigenvalue weighted by atomic mass is 10.4. The quantitative estimate of drug-likeness (QED) is 0.511. The molecule has 0 radical (unpaired) electrons. The first-order valence-electron chi connectivity index (χ1n) is 8.48. The molecule has 0 aromatic carbocycles. The van der Waals surface area contributed by atoms with Crippen LogP contribution in [0.3, 0.4) is 0 Å². The van der Waals surface area contributed by atoms with Gasteiger partial charge in [-0.25, -0.2) is 13.4 Å². The van der Waals surface area contributed by atoms with E-state index in [1.165, 1.54) is 10.4 Å². The molecule has 1 aliphatic heterocycles. The molecular weight excluding hydrogens is 405 g/mol. The number of sulfonamides is 1. The summed E-state index contributed by atoms with van der Waals surface area (Å²) in [5, 5.41) is 5.48. The number of halogens is 3. The van der Waals surface area contributed by atoms with Gasteiger partial charge in [-0.15, -0.1) is 11.3 Å². The molecule has 12 heteroatoms. The normalized spacial score (nSPS) is 17.1. The first kappa shape index (κ1) is 21.9. The molecule has 1 aliphatic rings. The Kier molecular flexibility index (Phi) is 7.89. The smallest absolute Gasteiger partial charge is 0.379 e. The molecular formula is C15H23F3N4O3S2. The molecule has 154 valence electrons. The summed E-state index contributed by atoms with van der Waals surface area (Å²) < 4.78 is 68.7. The van der Waals surface area contributed by atoms with Gasteiger partial charge in [-0.05, 0) is 19.1 Å². The van der Waals surface area contributed by atoms with Crippen LogP contribution >= 0.6 is 11.3 Å². The van der Waals surface area contributed by atoms with Gasteiger partial charge in [-0.1, -0.05) is 0 Å². The predicted molar refractivity (Wildman–Crippen MR) is 97.4 cm³/mol. The maximum atomic E-state index is 12.6. The molecule has 2 N–H and O–H groups in total. The van der Waals surface area contributed by atoms with E-state index < -0.39 is 22.6 Å². The summed E-state index contributed by atoms with van der Waals surface area (Å²) in [6, 6.07) is 3.20. The van der Waals surface area contributed by atoms with E-state index >= 15 is 0 Å². The second-order valence-electron chi connectivity index (χ2n) is 5.72. The zero-order chi connectivity index (χ0) is 19.9. The topological polar surface area (TPSA) is 83.0 Å². The Labute approximate surface area is 160 Å². The first-order valence-corrected chi connectivity index (χ1v) is 10.7. The van der Waals surface area contributed by atoms with Crippen LogP contribution in [0.4, 0.5) is 13.2 Å². The lowest BCUT2D eigenvalue weighted by Crippen LogP contribution is -2.40. The fourth-order valence-electron chi connectivity index (χ4n) is 2.32. The van der Waals surface area contributed by atoms with Crippen molar-refractivity contribution >= 4 is 27.3 Å². The molecule has 1 aromatic rings. The fourth-order valence-corrected chi connectivity index (χ4v) is 5.16. The van der Waals surface area contributed by atoms with Gasteiger partial charge in [0.2, 0.25) is 0 Å². The average molecular weight is 429 g/mol. The highest BCUT2D eigenvalue weighted by atomic mass is 32.2. The molecule has 0 saturated carbocycles. The zero-order valence-electron chi connectivity index (χ0n) is 14.9. The minimum Gasteiger partial charge on any atom is -0.379 e. The van der Waals surface area contributed by atoms with Gasteiger partial charge in [-0.2, -0.15) is 17.5 Å². The summed E-state index contributed by atoms with van der Waals surface area (Å²) in [4.78, 5) is 4.92. The molecule has 1 fully saturated rings. The lowest BCUT2D eigenvalue weighted by Gasteiger charge is -2.25. The number of hydrogen-bond donors (Lipinski definition) is 2. The molecule has 2 rings (SSSR count). The fraction of sp³-hybridized carbons (Fsp3) is 0.667. The van der Waals surface area contributed by atoms with Gasteiger partial charge < -0.3 is 15.4 Å². The standard InChI is InChI=1S/C15H23F3N4O3S2/c1-2-19-14(20-6-5-15(16,17)18)21-11-12-3-4-13(26-12)27(23,24)22-7-9-25-10-8-22/h3-4H,2,5-11H2,1H3,(H2,19,20,21). The van der Waals surface area contributed by atoms with Crippen molar-refractivity contribution < 1.29 is 26.3 Å². The average Bonchev–Trinajstić information content (AvgIpc) is 3.09. The molecule has 7 nitrogen and oxygen atoms in total. The van der Waals surface area contributed by atoms with Gasteiger partial charge in [-0.3, -0.25) is 0 Å². The van der Waals surface area contributed by atoms with E-state index in [1.807, 2.05) is 0 Å². The predicted octanol–water partition coefficient (Wildman–Crippen LogP) is 1.78. The lowest BCUT2D eigenvalue weighted by molar-refractivity contribution is -0.132. The maximum Gasteiger partial charge on any atom is 0.390 e. The van der Waals surface area contributed by atoms with E-state index in [0.29, 0.717) is 37.7 Å². The van der Waals surface area contributed by atoms with Crippen molar-refractivity contribution in [2.24, 2.45) is 4.99 Å². The number of nitrogens with zero attached hydrogens (tertiary/aromatic N) is 2. The maximum absolute atomic E-state index is 12.6. The third-order valence-corrected chi connectivity index (χ3v) is 7.08. The van der Waals surface area contributed by atoms with E-state index in [4.69, 9.17) is 4.74 Å². The van der Waals surface area contributed by atoms with Crippen LogP contribution in [0, 0.1) is 0 Å². The number of rotatable bonds is 7. The van der Waals surface area contributed by atoms with Crippen molar-refractivity contribution in [3.63, 3.8) is 0 Å². The molecule has 0 unspecified atom stereocenters. The number of hydrogen-bond acceptors (Lipinski definition) is 5. The Balaban J connectivity index is 1.98. The Hall–Kier alpha value is -1.37. The number of aliphatic imine (C=N–C) groups is 1. The van der Waals surface area contributed by atoms with Gasteiger partial charge in [0, 0.05) is 31.1 Å². The first-order chi connectivity index (χ1) is 12.7. The van der Waals surface area contributed by atoms with Crippen LogP contribution in [0.1, 0.15) is 18.2 Å². The van der Waals surface area contributed by atoms with E-state index in [-0.39, 0.29) is 23.3 Å².